The average Bonchev–Trinajstić information content (AvgIpc) is 3.79. The molecule has 1 aromatic carbocycles. The number of aromatic amines is 2. The Labute approximate surface area is 259 Å². The topological polar surface area (TPSA) is 142 Å². The minimum atomic E-state index is -3.19. The largest absolute Gasteiger partial charge is 0.335 e. The van der Waals surface area contributed by atoms with Gasteiger partial charge in [-0.25, -0.2) is 22.8 Å². The first-order valence-corrected chi connectivity index (χ1v) is 17.2. The summed E-state index contributed by atoms with van der Waals surface area (Å²) in [6.07, 6.45) is 13.8. The van der Waals surface area contributed by atoms with E-state index in [-0.39, 0.29) is 12.2 Å². The van der Waals surface area contributed by atoms with Gasteiger partial charge in [0.25, 0.3) is 0 Å². The zero-order valence-corrected chi connectivity index (χ0v) is 25.7. The second-order valence-electron chi connectivity index (χ2n) is 11.9. The van der Waals surface area contributed by atoms with Crippen molar-refractivity contribution in [3.8, 4) is 33.9 Å². The highest BCUT2D eigenvalue weighted by Crippen LogP contribution is 2.33. The molecule has 1 saturated carbocycles. The van der Waals surface area contributed by atoms with E-state index in [1.807, 2.05) is 18.5 Å². The summed E-state index contributed by atoms with van der Waals surface area (Å²) in [5.74, 6) is 0.774. The molecule has 0 aliphatic heterocycles. The maximum Gasteiger partial charge on any atom is 0.178 e. The van der Waals surface area contributed by atoms with Gasteiger partial charge in [0.05, 0.1) is 28.7 Å². The maximum atomic E-state index is 14.6. The molecular formula is C33H33FN8O2S. The smallest absolute Gasteiger partial charge is 0.178 e. The van der Waals surface area contributed by atoms with E-state index in [4.69, 9.17) is 4.98 Å². The summed E-state index contributed by atoms with van der Waals surface area (Å²) in [7, 11) is -3.19. The summed E-state index contributed by atoms with van der Waals surface area (Å²) in [6, 6.07) is 10.5. The van der Waals surface area contributed by atoms with Crippen molar-refractivity contribution in [3.63, 3.8) is 0 Å². The molecule has 5 aromatic heterocycles. The number of hydrogen-bond donors (Lipinski definition) is 3. The zero-order valence-electron chi connectivity index (χ0n) is 24.8. The predicted molar refractivity (Wildman–Crippen MR) is 172 cm³/mol. The van der Waals surface area contributed by atoms with E-state index in [1.54, 1.807) is 24.5 Å². The van der Waals surface area contributed by atoms with Gasteiger partial charge in [-0.3, -0.25) is 15.1 Å². The number of hydrogen-bond acceptors (Lipinski definition) is 8. The highest BCUT2D eigenvalue weighted by Gasteiger charge is 2.18. The Kier molecular flexibility index (Phi) is 7.84. The minimum absolute atomic E-state index is 0.0589. The lowest BCUT2D eigenvalue weighted by atomic mass is 10.0. The number of H-pyrrole nitrogens is 2. The molecule has 7 rings (SSSR count). The van der Waals surface area contributed by atoms with Gasteiger partial charge in [-0.2, -0.15) is 5.10 Å². The van der Waals surface area contributed by atoms with Crippen LogP contribution in [0.3, 0.4) is 0 Å². The number of benzene rings is 1. The summed E-state index contributed by atoms with van der Waals surface area (Å²) >= 11 is 0. The average molecular weight is 625 g/mol. The van der Waals surface area contributed by atoms with Crippen molar-refractivity contribution >= 4 is 31.9 Å². The number of pyridine rings is 3. The molecule has 5 heterocycles. The van der Waals surface area contributed by atoms with E-state index in [0.717, 1.165) is 46.7 Å². The molecule has 1 aliphatic carbocycles. The van der Waals surface area contributed by atoms with Crippen LogP contribution in [0.1, 0.15) is 36.8 Å². The van der Waals surface area contributed by atoms with Gasteiger partial charge in [0.15, 0.2) is 11.5 Å². The quantitative estimate of drug-likeness (QED) is 0.178. The number of imidazole rings is 1. The third kappa shape index (κ3) is 6.47. The Morgan fingerprint density at radius 3 is 2.69 bits per heavy atom. The van der Waals surface area contributed by atoms with Crippen molar-refractivity contribution in [1.29, 1.82) is 0 Å². The summed E-state index contributed by atoms with van der Waals surface area (Å²) in [5.41, 5.74) is 7.13. The molecule has 3 N–H and O–H groups in total. The fraction of sp³-hybridized carbons (Fsp3) is 0.303. The van der Waals surface area contributed by atoms with Gasteiger partial charge in [-0.05, 0) is 78.7 Å². The van der Waals surface area contributed by atoms with Gasteiger partial charge in [0, 0.05) is 47.9 Å². The fourth-order valence-electron chi connectivity index (χ4n) is 6.13. The molecule has 0 spiro atoms. The molecule has 0 amide bonds. The maximum absolute atomic E-state index is 14.6. The van der Waals surface area contributed by atoms with Crippen LogP contribution < -0.4 is 5.32 Å². The molecule has 0 bridgehead atoms. The van der Waals surface area contributed by atoms with E-state index >= 15 is 0 Å². The molecule has 230 valence electrons. The van der Waals surface area contributed by atoms with Crippen LogP contribution in [-0.4, -0.2) is 62.1 Å². The number of fused-ring (bicyclic) bond motifs is 2. The number of aryl methyl sites for hydroxylation is 1. The molecule has 6 aromatic rings. The monoisotopic (exact) mass is 624 g/mol. The molecule has 0 radical (unpaired) electrons. The van der Waals surface area contributed by atoms with Crippen molar-refractivity contribution in [2.45, 2.75) is 38.6 Å². The van der Waals surface area contributed by atoms with E-state index < -0.39 is 15.7 Å². The molecule has 45 heavy (non-hydrogen) atoms. The van der Waals surface area contributed by atoms with Gasteiger partial charge in [-0.15, -0.1) is 0 Å². The van der Waals surface area contributed by atoms with E-state index in [0.29, 0.717) is 39.4 Å². The van der Waals surface area contributed by atoms with E-state index in [9.17, 15) is 12.8 Å². The van der Waals surface area contributed by atoms with Gasteiger partial charge in [-0.1, -0.05) is 18.9 Å². The molecule has 1 aliphatic rings. The molecular weight excluding hydrogens is 591 g/mol. The molecule has 0 atom stereocenters. The molecule has 10 nitrogen and oxygen atoms in total. The number of nitrogens with zero attached hydrogens (tertiary/aromatic N) is 5. The standard InChI is InChI=1S/C33H33FN8O2S/c1-45(43,44)9-7-21-10-23(13-25(34)12-21)26-6-8-37-32-30(26)39-33(40-32)31-27-14-28(38-19-29(27)41-42-31)24-11-22(17-36-18-24)16-35-15-20-4-2-3-5-20/h6,8,10-14,17-20,35H,2-5,7,9,15-16H2,1H3,(H,41,42)(H,37,39,40). The third-order valence-electron chi connectivity index (χ3n) is 8.42. The highest BCUT2D eigenvalue weighted by molar-refractivity contribution is 7.90. The second-order valence-corrected chi connectivity index (χ2v) is 14.2. The molecule has 12 heteroatoms. The van der Waals surface area contributed by atoms with Crippen molar-refractivity contribution in [3.05, 3.63) is 78.1 Å². The SMILES string of the molecule is CS(=O)(=O)CCc1cc(F)cc(-c2ccnc3nc(-c4n[nH]c5cnc(-c6cncc(CNCC7CCCC7)c6)cc45)[nH]c23)c1. The van der Waals surface area contributed by atoms with Crippen LogP contribution >= 0.6 is 0 Å². The van der Waals surface area contributed by atoms with Gasteiger partial charge in [0.1, 0.15) is 21.3 Å². The number of aromatic nitrogens is 7. The Hall–Kier alpha value is -4.55. The van der Waals surface area contributed by atoms with Crippen LogP contribution in [-0.2, 0) is 22.8 Å². The first-order valence-electron chi connectivity index (χ1n) is 15.1. The number of halogens is 1. The van der Waals surface area contributed by atoms with Crippen LogP contribution in [0.4, 0.5) is 4.39 Å². The summed E-state index contributed by atoms with van der Waals surface area (Å²) in [5, 5.41) is 12.0. The number of nitrogens with one attached hydrogen (secondary N) is 3. The first kappa shape index (κ1) is 29.2. The van der Waals surface area contributed by atoms with Crippen LogP contribution in [0.25, 0.3) is 56.0 Å². The lowest BCUT2D eigenvalue weighted by Gasteiger charge is -2.11. The fourth-order valence-corrected chi connectivity index (χ4v) is 6.74. The highest BCUT2D eigenvalue weighted by atomic mass is 32.2. The normalized spacial score (nSPS) is 14.2. The summed E-state index contributed by atoms with van der Waals surface area (Å²) in [6.45, 7) is 1.79. The number of rotatable bonds is 10. The Bertz CT molecular complexity index is 2120. The zero-order chi connectivity index (χ0) is 31.0. The van der Waals surface area contributed by atoms with Crippen molar-refractivity contribution < 1.29 is 12.8 Å². The van der Waals surface area contributed by atoms with Crippen LogP contribution in [0, 0.1) is 11.7 Å². The van der Waals surface area contributed by atoms with E-state index in [2.05, 4.69) is 41.5 Å². The minimum Gasteiger partial charge on any atom is -0.335 e. The second kappa shape index (κ2) is 12.1. The Morgan fingerprint density at radius 2 is 1.84 bits per heavy atom. The third-order valence-corrected chi connectivity index (χ3v) is 9.37. The summed E-state index contributed by atoms with van der Waals surface area (Å²) < 4.78 is 38.0. The van der Waals surface area contributed by atoms with Gasteiger partial charge < -0.3 is 10.3 Å². The first-order chi connectivity index (χ1) is 21.8. The Balaban J connectivity index is 1.19. The van der Waals surface area contributed by atoms with Crippen molar-refractivity contribution in [1.82, 2.24) is 40.4 Å². The predicted octanol–water partition coefficient (Wildman–Crippen LogP) is 5.63. The van der Waals surface area contributed by atoms with Gasteiger partial charge in [0.2, 0.25) is 0 Å². The van der Waals surface area contributed by atoms with Crippen molar-refractivity contribution in [2.24, 2.45) is 5.92 Å². The van der Waals surface area contributed by atoms with Gasteiger partial charge >= 0.3 is 0 Å². The lowest BCUT2D eigenvalue weighted by Crippen LogP contribution is -2.20. The molecule has 0 unspecified atom stereocenters. The molecule has 1 fully saturated rings. The Morgan fingerprint density at radius 1 is 1.00 bits per heavy atom. The van der Waals surface area contributed by atoms with Crippen LogP contribution in [0.5, 0.6) is 0 Å². The van der Waals surface area contributed by atoms with Crippen LogP contribution in [0.2, 0.25) is 0 Å². The van der Waals surface area contributed by atoms with Crippen molar-refractivity contribution in [2.75, 3.05) is 18.6 Å². The number of sulfone groups is 1. The summed E-state index contributed by atoms with van der Waals surface area (Å²) in [4.78, 5) is 21.7. The lowest BCUT2D eigenvalue weighted by molar-refractivity contribution is 0.489. The van der Waals surface area contributed by atoms with Crippen LogP contribution in [0.15, 0.2) is 61.2 Å². The van der Waals surface area contributed by atoms with E-state index in [1.165, 1.54) is 44.1 Å². The molecule has 0 saturated heterocycles.